The Hall–Kier alpha value is -2.09. The third kappa shape index (κ3) is 2.21. The van der Waals surface area contributed by atoms with Crippen molar-refractivity contribution in [3.05, 3.63) is 42.6 Å². The number of nitrogens with zero attached hydrogens (tertiary/aromatic N) is 2. The minimum atomic E-state index is -4.57. The molecule has 85 valence electrons. The summed E-state index contributed by atoms with van der Waals surface area (Å²) in [6.07, 6.45) is -4.57. The van der Waals surface area contributed by atoms with Crippen molar-refractivity contribution in [3.63, 3.8) is 0 Å². The monoisotopic (exact) mass is 235 g/mol. The fourth-order valence-electron chi connectivity index (χ4n) is 1.37. The Bertz CT molecular complexity index is 621. The van der Waals surface area contributed by atoms with Crippen molar-refractivity contribution < 1.29 is 13.2 Å². The topological polar surface area (TPSA) is 25.8 Å². The second-order valence-electron chi connectivity index (χ2n) is 3.21. The van der Waals surface area contributed by atoms with Gasteiger partial charge in [-0.15, -0.1) is 0 Å². The average molecular weight is 235 g/mol. The first-order valence-electron chi connectivity index (χ1n) is 4.64. The standard InChI is InChI=1S/C12H6F3N2/c1-2-5-10-11(12(13,14)15)17-9-7-4-3-6-8(9)16-10/h3-4,6-7H,1H2. The van der Waals surface area contributed by atoms with Crippen LogP contribution in [0.25, 0.3) is 11.0 Å². The van der Waals surface area contributed by atoms with E-state index in [1.165, 1.54) is 6.07 Å². The van der Waals surface area contributed by atoms with E-state index in [2.05, 4.69) is 28.7 Å². The maximum Gasteiger partial charge on any atom is 0.436 e. The molecule has 0 saturated heterocycles. The predicted molar refractivity (Wildman–Crippen MR) is 56.8 cm³/mol. The molecule has 0 aliphatic heterocycles. The van der Waals surface area contributed by atoms with Gasteiger partial charge in [0.05, 0.1) is 11.0 Å². The molecule has 0 unspecified atom stereocenters. The van der Waals surface area contributed by atoms with E-state index in [4.69, 9.17) is 0 Å². The molecule has 5 heteroatoms. The lowest BCUT2D eigenvalue weighted by molar-refractivity contribution is -0.141. The summed E-state index contributed by atoms with van der Waals surface area (Å²) in [6.45, 7) is 3.19. The van der Waals surface area contributed by atoms with Gasteiger partial charge in [-0.05, 0) is 18.1 Å². The van der Waals surface area contributed by atoms with Gasteiger partial charge >= 0.3 is 6.18 Å². The summed E-state index contributed by atoms with van der Waals surface area (Å²) in [5.41, 5.74) is -0.911. The van der Waals surface area contributed by atoms with Gasteiger partial charge in [-0.25, -0.2) is 9.97 Å². The largest absolute Gasteiger partial charge is 0.436 e. The summed E-state index contributed by atoms with van der Waals surface area (Å²) in [4.78, 5) is 7.38. The number of hydrogen-bond acceptors (Lipinski definition) is 2. The molecule has 0 amide bonds. The normalized spacial score (nSPS) is 11.1. The zero-order chi connectivity index (χ0) is 12.5. The van der Waals surface area contributed by atoms with E-state index < -0.39 is 17.6 Å². The summed E-state index contributed by atoms with van der Waals surface area (Å²) in [6, 6.07) is 6.32. The first kappa shape index (κ1) is 11.4. The van der Waals surface area contributed by atoms with Crippen molar-refractivity contribution in [1.82, 2.24) is 9.97 Å². The maximum atomic E-state index is 12.7. The van der Waals surface area contributed by atoms with Crippen LogP contribution in [0.2, 0.25) is 0 Å². The van der Waals surface area contributed by atoms with Crippen molar-refractivity contribution in [1.29, 1.82) is 0 Å². The lowest BCUT2D eigenvalue weighted by Gasteiger charge is -2.08. The minimum Gasteiger partial charge on any atom is -0.239 e. The lowest BCUT2D eigenvalue weighted by Crippen LogP contribution is -2.12. The second-order valence-corrected chi connectivity index (χ2v) is 3.21. The highest BCUT2D eigenvalue weighted by atomic mass is 19.4. The Morgan fingerprint density at radius 3 is 2.18 bits per heavy atom. The SMILES string of the molecule is [CH2]C#Cc1nc2ccccc2nc1C(F)(F)F. The Balaban J connectivity index is 2.78. The van der Waals surface area contributed by atoms with E-state index in [0.717, 1.165) is 0 Å². The van der Waals surface area contributed by atoms with Crippen LogP contribution in [0.3, 0.4) is 0 Å². The Morgan fingerprint density at radius 2 is 1.65 bits per heavy atom. The van der Waals surface area contributed by atoms with Crippen molar-refractivity contribution >= 4 is 11.0 Å². The second kappa shape index (κ2) is 4.06. The number of benzene rings is 1. The van der Waals surface area contributed by atoms with Crippen molar-refractivity contribution in [2.24, 2.45) is 0 Å². The van der Waals surface area contributed by atoms with Gasteiger partial charge in [-0.3, -0.25) is 0 Å². The predicted octanol–water partition coefficient (Wildman–Crippen LogP) is 2.83. The minimum absolute atomic E-state index is 0.189. The van der Waals surface area contributed by atoms with Crippen LogP contribution in [0.15, 0.2) is 24.3 Å². The zero-order valence-electron chi connectivity index (χ0n) is 8.54. The molecule has 17 heavy (non-hydrogen) atoms. The molecule has 2 aromatic rings. The van der Waals surface area contributed by atoms with Crippen LogP contribution in [0, 0.1) is 18.8 Å². The first-order valence-corrected chi connectivity index (χ1v) is 4.64. The third-order valence-corrected chi connectivity index (χ3v) is 2.05. The number of alkyl halides is 3. The summed E-state index contributed by atoms with van der Waals surface area (Å²) < 4.78 is 38.1. The molecule has 2 nitrogen and oxygen atoms in total. The van der Waals surface area contributed by atoms with Gasteiger partial charge in [-0.1, -0.05) is 18.1 Å². The Labute approximate surface area is 95.5 Å². The number of aromatic nitrogens is 2. The zero-order valence-corrected chi connectivity index (χ0v) is 8.54. The molecule has 0 bridgehead atoms. The molecular weight excluding hydrogens is 229 g/mol. The van der Waals surface area contributed by atoms with Crippen molar-refractivity contribution in [2.45, 2.75) is 6.18 Å². The number of fused-ring (bicyclic) bond motifs is 1. The molecule has 1 aromatic carbocycles. The lowest BCUT2D eigenvalue weighted by atomic mass is 10.2. The van der Waals surface area contributed by atoms with Gasteiger partial charge in [0.25, 0.3) is 0 Å². The van der Waals surface area contributed by atoms with Crippen molar-refractivity contribution in [3.8, 4) is 11.8 Å². The van der Waals surface area contributed by atoms with E-state index >= 15 is 0 Å². The summed E-state index contributed by atoms with van der Waals surface area (Å²) in [7, 11) is 0. The van der Waals surface area contributed by atoms with Crippen LogP contribution in [-0.2, 0) is 6.18 Å². The number of para-hydroxylation sites is 2. The number of halogens is 3. The number of hydrogen-bond donors (Lipinski definition) is 0. The molecule has 0 spiro atoms. The van der Waals surface area contributed by atoms with Gasteiger partial charge in [-0.2, -0.15) is 13.2 Å². The molecule has 0 fully saturated rings. The van der Waals surface area contributed by atoms with Gasteiger partial charge in [0, 0.05) is 6.92 Å². The van der Waals surface area contributed by atoms with Gasteiger partial charge in [0.15, 0.2) is 5.69 Å². The highest BCUT2D eigenvalue weighted by Crippen LogP contribution is 2.30. The molecule has 1 radical (unpaired) electrons. The van der Waals surface area contributed by atoms with Crippen LogP contribution < -0.4 is 0 Å². The molecule has 1 heterocycles. The molecule has 1 aromatic heterocycles. The van der Waals surface area contributed by atoms with Crippen LogP contribution in [0.1, 0.15) is 11.4 Å². The molecular formula is C12H6F3N2. The highest BCUT2D eigenvalue weighted by Gasteiger charge is 2.36. The van der Waals surface area contributed by atoms with Crippen LogP contribution in [0.4, 0.5) is 13.2 Å². The molecule has 2 rings (SSSR count). The van der Waals surface area contributed by atoms with Crippen LogP contribution >= 0.6 is 0 Å². The quantitative estimate of drug-likeness (QED) is 0.656. The summed E-state index contributed by atoms with van der Waals surface area (Å²) in [5.74, 6) is 4.38. The van der Waals surface area contributed by atoms with Crippen LogP contribution in [0.5, 0.6) is 0 Å². The fraction of sp³-hybridized carbons (Fsp3) is 0.0833. The van der Waals surface area contributed by atoms with Gasteiger partial charge in [0.1, 0.15) is 5.69 Å². The first-order chi connectivity index (χ1) is 8.02. The Morgan fingerprint density at radius 1 is 1.06 bits per heavy atom. The third-order valence-electron chi connectivity index (χ3n) is 2.05. The summed E-state index contributed by atoms with van der Waals surface area (Å²) >= 11 is 0. The van der Waals surface area contributed by atoms with E-state index in [0.29, 0.717) is 5.52 Å². The molecule has 0 aliphatic rings. The fourth-order valence-corrected chi connectivity index (χ4v) is 1.37. The molecule has 0 aliphatic carbocycles. The Kier molecular flexibility index (Phi) is 2.72. The van der Waals surface area contributed by atoms with Gasteiger partial charge < -0.3 is 0 Å². The van der Waals surface area contributed by atoms with Crippen LogP contribution in [-0.4, -0.2) is 9.97 Å². The molecule has 0 saturated carbocycles. The average Bonchev–Trinajstić information content (AvgIpc) is 2.27. The van der Waals surface area contributed by atoms with E-state index in [1.807, 2.05) is 0 Å². The maximum absolute atomic E-state index is 12.7. The number of rotatable bonds is 0. The summed E-state index contributed by atoms with van der Waals surface area (Å²) in [5, 5.41) is 0. The van der Waals surface area contributed by atoms with E-state index in [1.54, 1.807) is 18.2 Å². The smallest absolute Gasteiger partial charge is 0.239 e. The van der Waals surface area contributed by atoms with Gasteiger partial charge in [0.2, 0.25) is 0 Å². The molecule has 0 N–H and O–H groups in total. The highest BCUT2D eigenvalue weighted by molar-refractivity contribution is 5.74. The van der Waals surface area contributed by atoms with E-state index in [9.17, 15) is 13.2 Å². The molecule has 0 atom stereocenters. The van der Waals surface area contributed by atoms with E-state index in [-0.39, 0.29) is 5.52 Å². The van der Waals surface area contributed by atoms with Crippen molar-refractivity contribution in [2.75, 3.05) is 0 Å².